The zero-order chi connectivity index (χ0) is 13.7. The summed E-state index contributed by atoms with van der Waals surface area (Å²) < 4.78 is 61.9. The summed E-state index contributed by atoms with van der Waals surface area (Å²) in [6.07, 6.45) is -6.37. The second kappa shape index (κ2) is 3.78. The number of aliphatic hydroxyl groups is 1. The molecule has 0 aromatic carbocycles. The van der Waals surface area contributed by atoms with Crippen LogP contribution in [0.3, 0.4) is 0 Å². The number of halogens is 5. The number of alkyl halides is 5. The van der Waals surface area contributed by atoms with Crippen molar-refractivity contribution >= 4 is 22.9 Å². The Morgan fingerprint density at radius 1 is 1.28 bits per heavy atom. The first-order valence-electron chi connectivity index (χ1n) is 4.64. The number of carbonyl (C=O) groups excluding carboxylic acids is 1. The van der Waals surface area contributed by atoms with E-state index in [1.54, 1.807) is 5.38 Å². The molecule has 0 atom stereocenters. The lowest BCUT2D eigenvalue weighted by molar-refractivity contribution is -0.266. The van der Waals surface area contributed by atoms with Gasteiger partial charge < -0.3 is 5.11 Å². The molecule has 1 heterocycles. The highest BCUT2D eigenvalue weighted by molar-refractivity contribution is 7.11. The Bertz CT molecular complexity index is 541. The number of rotatable bonds is 2. The van der Waals surface area contributed by atoms with E-state index >= 15 is 0 Å². The average Bonchev–Trinajstić information content (AvgIpc) is 2.79. The average molecular weight is 284 g/mol. The molecule has 98 valence electrons. The first-order valence-corrected chi connectivity index (χ1v) is 5.52. The van der Waals surface area contributed by atoms with Gasteiger partial charge in [0.2, 0.25) is 5.78 Å². The lowest BCUT2D eigenvalue weighted by atomic mass is 10.0. The number of allylic oxidation sites excluding steroid dienone is 1. The number of aliphatic hydroxyl groups excluding tert-OH is 1. The van der Waals surface area contributed by atoms with Gasteiger partial charge in [0.1, 0.15) is 5.76 Å². The largest absolute Gasteiger partial charge is 0.506 e. The predicted octanol–water partition coefficient (Wildman–Crippen LogP) is 3.34. The smallest absolute Gasteiger partial charge is 0.461 e. The molecule has 0 amide bonds. The number of ketones is 1. The molecule has 1 aliphatic rings. The van der Waals surface area contributed by atoms with Gasteiger partial charge in [0, 0.05) is 12.0 Å². The number of Topliss-reactive ketones (excluding diaryl/α,β-unsaturated/α-hetero) is 1. The van der Waals surface area contributed by atoms with Gasteiger partial charge in [0.25, 0.3) is 0 Å². The van der Waals surface area contributed by atoms with Gasteiger partial charge in [-0.05, 0) is 17.0 Å². The van der Waals surface area contributed by atoms with Gasteiger partial charge in [-0.1, -0.05) is 0 Å². The fourth-order valence-electron chi connectivity index (χ4n) is 1.60. The van der Waals surface area contributed by atoms with Crippen LogP contribution in [-0.2, 0) is 11.2 Å². The van der Waals surface area contributed by atoms with Crippen LogP contribution in [-0.4, -0.2) is 23.0 Å². The van der Waals surface area contributed by atoms with Crippen molar-refractivity contribution < 1.29 is 31.9 Å². The van der Waals surface area contributed by atoms with E-state index in [9.17, 15) is 31.9 Å². The molecular weight excluding hydrogens is 279 g/mol. The quantitative estimate of drug-likeness (QED) is 0.846. The molecule has 0 aliphatic heterocycles. The van der Waals surface area contributed by atoms with Crippen molar-refractivity contribution in [3.05, 3.63) is 27.5 Å². The van der Waals surface area contributed by atoms with Crippen LogP contribution in [0.2, 0.25) is 0 Å². The van der Waals surface area contributed by atoms with E-state index in [0.717, 1.165) is 11.3 Å². The molecule has 0 spiro atoms. The lowest BCUT2D eigenvalue weighted by Crippen LogP contribution is -2.45. The monoisotopic (exact) mass is 284 g/mol. The van der Waals surface area contributed by atoms with E-state index in [-0.39, 0.29) is 4.88 Å². The van der Waals surface area contributed by atoms with Gasteiger partial charge in [-0.15, -0.1) is 11.3 Å². The summed E-state index contributed by atoms with van der Waals surface area (Å²) in [6.45, 7) is 0. The molecule has 2 nitrogen and oxygen atoms in total. The van der Waals surface area contributed by atoms with Crippen LogP contribution in [0.4, 0.5) is 22.0 Å². The van der Waals surface area contributed by atoms with E-state index in [1.807, 2.05) is 0 Å². The summed E-state index contributed by atoms with van der Waals surface area (Å²) >= 11 is 0.973. The lowest BCUT2D eigenvalue weighted by Gasteiger charge is -2.18. The van der Waals surface area contributed by atoms with Gasteiger partial charge >= 0.3 is 12.1 Å². The third-order valence-electron chi connectivity index (χ3n) is 2.53. The normalized spacial score (nSPS) is 16.1. The highest BCUT2D eigenvalue weighted by atomic mass is 32.1. The molecule has 0 radical (unpaired) electrons. The molecule has 0 fully saturated rings. The Balaban J connectivity index is 2.39. The first-order chi connectivity index (χ1) is 8.16. The van der Waals surface area contributed by atoms with Gasteiger partial charge in [0.15, 0.2) is 0 Å². The van der Waals surface area contributed by atoms with E-state index in [4.69, 9.17) is 0 Å². The topological polar surface area (TPSA) is 37.3 Å². The molecule has 1 aromatic rings. The zero-order valence-electron chi connectivity index (χ0n) is 8.52. The molecule has 0 saturated carbocycles. The van der Waals surface area contributed by atoms with E-state index in [1.165, 1.54) is 6.07 Å². The van der Waals surface area contributed by atoms with Gasteiger partial charge in [-0.2, -0.15) is 22.0 Å². The summed E-state index contributed by atoms with van der Waals surface area (Å²) in [4.78, 5) is 11.4. The Labute approximate surface area is 101 Å². The van der Waals surface area contributed by atoms with Crippen molar-refractivity contribution in [3.8, 4) is 0 Å². The minimum absolute atomic E-state index is 0.163. The molecule has 2 rings (SSSR count). The van der Waals surface area contributed by atoms with Crippen molar-refractivity contribution in [2.75, 3.05) is 0 Å². The maximum absolute atomic E-state index is 12.9. The summed E-state index contributed by atoms with van der Waals surface area (Å²) in [6, 6.07) is 1.46. The van der Waals surface area contributed by atoms with Crippen LogP contribution in [0, 0.1) is 0 Å². The molecule has 8 heteroatoms. The summed E-state index contributed by atoms with van der Waals surface area (Å²) in [5.74, 6) is -8.66. The number of fused-ring (bicyclic) bond motifs is 1. The van der Waals surface area contributed by atoms with Crippen LogP contribution in [0.25, 0.3) is 5.76 Å². The van der Waals surface area contributed by atoms with Gasteiger partial charge in [-0.25, -0.2) is 0 Å². The number of hydrogen-bond donors (Lipinski definition) is 1. The Morgan fingerprint density at radius 2 is 1.89 bits per heavy atom. The van der Waals surface area contributed by atoms with E-state index < -0.39 is 35.6 Å². The van der Waals surface area contributed by atoms with Crippen LogP contribution in [0.1, 0.15) is 10.4 Å². The van der Waals surface area contributed by atoms with Crippen molar-refractivity contribution in [1.29, 1.82) is 0 Å². The molecule has 0 bridgehead atoms. The number of thiophene rings is 1. The summed E-state index contributed by atoms with van der Waals surface area (Å²) in [5, 5.41) is 11.0. The van der Waals surface area contributed by atoms with E-state index in [0.29, 0.717) is 5.56 Å². The fourth-order valence-corrected chi connectivity index (χ4v) is 2.49. The molecule has 0 unspecified atom stereocenters. The van der Waals surface area contributed by atoms with Crippen LogP contribution in [0.15, 0.2) is 17.0 Å². The van der Waals surface area contributed by atoms with Gasteiger partial charge in [0.05, 0.1) is 4.88 Å². The SMILES string of the molecule is O=C(C1=C(O)c2sccc2C1)C(F)(F)C(F)(F)F. The van der Waals surface area contributed by atoms with Crippen LogP contribution < -0.4 is 0 Å². The zero-order valence-corrected chi connectivity index (χ0v) is 9.33. The minimum atomic E-state index is -5.96. The Morgan fingerprint density at radius 3 is 2.39 bits per heavy atom. The van der Waals surface area contributed by atoms with Gasteiger partial charge in [-0.3, -0.25) is 4.79 Å². The number of hydrogen-bond acceptors (Lipinski definition) is 3. The third-order valence-corrected chi connectivity index (χ3v) is 3.49. The fraction of sp³-hybridized carbons (Fsp3) is 0.300. The van der Waals surface area contributed by atoms with E-state index in [2.05, 4.69) is 0 Å². The standard InChI is InChI=1S/C10H5F5O2S/c11-9(12,10(13,14)15)8(17)5-3-4-1-2-18-7(4)6(5)16/h1-2,16H,3H2. The van der Waals surface area contributed by atoms with Crippen LogP contribution >= 0.6 is 11.3 Å². The van der Waals surface area contributed by atoms with Crippen molar-refractivity contribution in [2.24, 2.45) is 0 Å². The van der Waals surface area contributed by atoms with Crippen LogP contribution in [0.5, 0.6) is 0 Å². The summed E-state index contributed by atoms with van der Waals surface area (Å²) in [7, 11) is 0. The maximum Gasteiger partial charge on any atom is 0.461 e. The minimum Gasteiger partial charge on any atom is -0.506 e. The second-order valence-electron chi connectivity index (χ2n) is 3.68. The maximum atomic E-state index is 12.9. The van der Waals surface area contributed by atoms with Crippen molar-refractivity contribution in [1.82, 2.24) is 0 Å². The molecule has 0 saturated heterocycles. The highest BCUT2D eigenvalue weighted by Crippen LogP contribution is 2.42. The third kappa shape index (κ3) is 1.71. The molecular formula is C10H5F5O2S. The number of carbonyl (C=O) groups is 1. The predicted molar refractivity (Wildman–Crippen MR) is 53.6 cm³/mol. The summed E-state index contributed by atoms with van der Waals surface area (Å²) in [5.41, 5.74) is -0.516. The van der Waals surface area contributed by atoms with Crippen molar-refractivity contribution in [3.63, 3.8) is 0 Å². The molecule has 1 aromatic heterocycles. The van der Waals surface area contributed by atoms with Crippen molar-refractivity contribution in [2.45, 2.75) is 18.5 Å². The molecule has 1 aliphatic carbocycles. The molecule has 18 heavy (non-hydrogen) atoms. The second-order valence-corrected chi connectivity index (χ2v) is 4.60. The Kier molecular flexibility index (Phi) is 2.73. The Hall–Kier alpha value is -1.44. The molecule has 1 N–H and O–H groups in total. The first kappa shape index (κ1) is 13.0. The highest BCUT2D eigenvalue weighted by Gasteiger charge is 2.64.